The fourth-order valence-electron chi connectivity index (χ4n) is 2.71. The number of amides is 1. The van der Waals surface area contributed by atoms with E-state index in [2.05, 4.69) is 15.3 Å². The van der Waals surface area contributed by atoms with Crippen LogP contribution in [0, 0.1) is 0 Å². The molecule has 0 saturated heterocycles. The SMILES string of the molecule is O=Cc1cccn1CCC(=O)Nc1nc(-c2ccc3[nH]c(=O)oc3c2)cs1. The number of aromatic amines is 1. The van der Waals surface area contributed by atoms with Gasteiger partial charge in [0.2, 0.25) is 5.91 Å². The van der Waals surface area contributed by atoms with Gasteiger partial charge in [0, 0.05) is 30.1 Å². The molecule has 1 amide bonds. The number of hydrogen-bond donors (Lipinski definition) is 2. The molecule has 8 nitrogen and oxygen atoms in total. The number of aryl methyl sites for hydroxylation is 1. The first kappa shape index (κ1) is 17.0. The zero-order valence-corrected chi connectivity index (χ0v) is 14.8. The monoisotopic (exact) mass is 382 g/mol. The number of nitrogens with one attached hydrogen (secondary N) is 2. The lowest BCUT2D eigenvalue weighted by Crippen LogP contribution is -2.14. The fraction of sp³-hybridized carbons (Fsp3) is 0.111. The van der Waals surface area contributed by atoms with Crippen LogP contribution in [0.5, 0.6) is 0 Å². The normalized spacial score (nSPS) is 11.0. The van der Waals surface area contributed by atoms with Crippen LogP contribution in [0.2, 0.25) is 0 Å². The van der Waals surface area contributed by atoms with Gasteiger partial charge in [-0.25, -0.2) is 9.78 Å². The summed E-state index contributed by atoms with van der Waals surface area (Å²) >= 11 is 1.31. The van der Waals surface area contributed by atoms with E-state index >= 15 is 0 Å². The molecule has 136 valence electrons. The van der Waals surface area contributed by atoms with Gasteiger partial charge in [-0.15, -0.1) is 11.3 Å². The maximum atomic E-state index is 12.1. The van der Waals surface area contributed by atoms with Gasteiger partial charge in [-0.05, 0) is 24.3 Å². The van der Waals surface area contributed by atoms with Crippen LogP contribution in [0.1, 0.15) is 16.9 Å². The predicted molar refractivity (Wildman–Crippen MR) is 101 cm³/mol. The van der Waals surface area contributed by atoms with Crippen molar-refractivity contribution in [3.63, 3.8) is 0 Å². The van der Waals surface area contributed by atoms with Crippen molar-refractivity contribution in [2.24, 2.45) is 0 Å². The fourth-order valence-corrected chi connectivity index (χ4v) is 3.45. The molecule has 0 aliphatic heterocycles. The number of rotatable bonds is 6. The number of carbonyl (C=O) groups excluding carboxylic acids is 2. The molecule has 0 bridgehead atoms. The van der Waals surface area contributed by atoms with Crippen molar-refractivity contribution in [2.75, 3.05) is 5.32 Å². The molecule has 3 aromatic heterocycles. The molecular weight excluding hydrogens is 368 g/mol. The molecule has 27 heavy (non-hydrogen) atoms. The van der Waals surface area contributed by atoms with Gasteiger partial charge in [0.25, 0.3) is 0 Å². The standard InChI is InChI=1S/C18H14N4O4S/c23-9-12-2-1-6-22(12)7-5-16(24)21-17-19-14(10-27-17)11-3-4-13-15(8-11)26-18(25)20-13/h1-4,6,8-10H,5,7H2,(H,20,25)(H,19,21,24). The molecule has 2 N–H and O–H groups in total. The lowest BCUT2D eigenvalue weighted by atomic mass is 10.1. The van der Waals surface area contributed by atoms with Gasteiger partial charge in [0.1, 0.15) is 0 Å². The molecule has 3 heterocycles. The maximum Gasteiger partial charge on any atom is 0.417 e. The molecule has 0 unspecified atom stereocenters. The third-order valence-electron chi connectivity index (χ3n) is 4.03. The van der Waals surface area contributed by atoms with E-state index in [1.165, 1.54) is 11.3 Å². The van der Waals surface area contributed by atoms with E-state index in [9.17, 15) is 14.4 Å². The zero-order chi connectivity index (χ0) is 18.8. The molecule has 4 rings (SSSR count). The summed E-state index contributed by atoms with van der Waals surface area (Å²) in [5.74, 6) is -0.692. The Morgan fingerprint density at radius 3 is 3.11 bits per heavy atom. The topological polar surface area (TPSA) is 110 Å². The molecule has 0 atom stereocenters. The molecule has 0 spiro atoms. The molecule has 1 aromatic carbocycles. The minimum absolute atomic E-state index is 0.187. The summed E-state index contributed by atoms with van der Waals surface area (Å²) < 4.78 is 6.78. The van der Waals surface area contributed by atoms with Gasteiger partial charge in [-0.2, -0.15) is 0 Å². The maximum absolute atomic E-state index is 12.1. The summed E-state index contributed by atoms with van der Waals surface area (Å²) in [5.41, 5.74) is 3.06. The average molecular weight is 382 g/mol. The Balaban J connectivity index is 1.43. The summed E-state index contributed by atoms with van der Waals surface area (Å²) in [6.45, 7) is 0.411. The van der Waals surface area contributed by atoms with Crippen molar-refractivity contribution in [3.05, 3.63) is 58.2 Å². The van der Waals surface area contributed by atoms with E-state index in [1.807, 2.05) is 11.4 Å². The van der Waals surface area contributed by atoms with Gasteiger partial charge < -0.3 is 14.3 Å². The van der Waals surface area contributed by atoms with E-state index in [1.54, 1.807) is 35.0 Å². The number of aromatic nitrogens is 3. The molecular formula is C18H14N4O4S. The van der Waals surface area contributed by atoms with E-state index < -0.39 is 5.76 Å². The van der Waals surface area contributed by atoms with Crippen LogP contribution >= 0.6 is 11.3 Å². The first-order chi connectivity index (χ1) is 13.1. The molecule has 9 heteroatoms. The molecule has 4 aromatic rings. The lowest BCUT2D eigenvalue weighted by molar-refractivity contribution is -0.116. The summed E-state index contributed by atoms with van der Waals surface area (Å²) in [6, 6.07) is 8.75. The first-order valence-electron chi connectivity index (χ1n) is 8.11. The Morgan fingerprint density at radius 2 is 2.26 bits per heavy atom. The minimum Gasteiger partial charge on any atom is -0.408 e. The van der Waals surface area contributed by atoms with Crippen molar-refractivity contribution < 1.29 is 14.0 Å². The Morgan fingerprint density at radius 1 is 1.37 bits per heavy atom. The quantitative estimate of drug-likeness (QED) is 0.498. The number of thiazole rings is 1. The Bertz CT molecular complexity index is 1180. The number of hydrogen-bond acceptors (Lipinski definition) is 6. The van der Waals surface area contributed by atoms with Crippen LogP contribution in [0.3, 0.4) is 0 Å². The average Bonchev–Trinajstić information content (AvgIpc) is 3.37. The van der Waals surface area contributed by atoms with Crippen molar-refractivity contribution in [3.8, 4) is 11.3 Å². The summed E-state index contributed by atoms with van der Waals surface area (Å²) in [6.07, 6.45) is 2.74. The van der Waals surface area contributed by atoms with Crippen LogP contribution in [-0.2, 0) is 11.3 Å². The minimum atomic E-state index is -0.506. The first-order valence-corrected chi connectivity index (χ1v) is 8.99. The summed E-state index contributed by atoms with van der Waals surface area (Å²) in [7, 11) is 0. The zero-order valence-electron chi connectivity index (χ0n) is 14.0. The van der Waals surface area contributed by atoms with Crippen LogP contribution < -0.4 is 11.1 Å². The smallest absolute Gasteiger partial charge is 0.408 e. The van der Waals surface area contributed by atoms with E-state index in [0.717, 1.165) is 11.8 Å². The molecule has 0 saturated carbocycles. The molecule has 0 fully saturated rings. The molecule has 0 aliphatic rings. The number of aldehydes is 1. The number of nitrogens with zero attached hydrogens (tertiary/aromatic N) is 2. The highest BCUT2D eigenvalue weighted by Gasteiger charge is 2.10. The molecule has 0 aliphatic carbocycles. The van der Waals surface area contributed by atoms with E-state index in [0.29, 0.717) is 34.2 Å². The highest BCUT2D eigenvalue weighted by atomic mass is 32.1. The van der Waals surface area contributed by atoms with Gasteiger partial charge in [-0.3, -0.25) is 14.6 Å². The second kappa shape index (κ2) is 7.04. The highest BCUT2D eigenvalue weighted by molar-refractivity contribution is 7.14. The van der Waals surface area contributed by atoms with Crippen molar-refractivity contribution >= 4 is 39.8 Å². The Hall–Kier alpha value is -3.46. The third kappa shape index (κ3) is 3.58. The van der Waals surface area contributed by atoms with Crippen LogP contribution in [0.25, 0.3) is 22.4 Å². The van der Waals surface area contributed by atoms with E-state index in [-0.39, 0.29) is 12.3 Å². The largest absolute Gasteiger partial charge is 0.417 e. The van der Waals surface area contributed by atoms with Crippen molar-refractivity contribution in [1.82, 2.24) is 14.5 Å². The lowest BCUT2D eigenvalue weighted by Gasteiger charge is -2.05. The van der Waals surface area contributed by atoms with Crippen LogP contribution in [0.15, 0.2) is 51.1 Å². The molecule has 0 radical (unpaired) electrons. The highest BCUT2D eigenvalue weighted by Crippen LogP contribution is 2.27. The Kier molecular flexibility index (Phi) is 4.43. The van der Waals surface area contributed by atoms with Gasteiger partial charge in [-0.1, -0.05) is 6.07 Å². The number of H-pyrrole nitrogens is 1. The van der Waals surface area contributed by atoms with E-state index in [4.69, 9.17) is 4.42 Å². The predicted octanol–water partition coefficient (Wildman–Crippen LogP) is 2.89. The number of carbonyl (C=O) groups is 2. The van der Waals surface area contributed by atoms with Gasteiger partial charge >= 0.3 is 5.76 Å². The third-order valence-corrected chi connectivity index (χ3v) is 4.79. The number of benzene rings is 1. The number of oxazole rings is 1. The van der Waals surface area contributed by atoms with Gasteiger partial charge in [0.15, 0.2) is 17.0 Å². The Labute approximate surface area is 156 Å². The summed E-state index contributed by atoms with van der Waals surface area (Å²) in [5, 5.41) is 5.06. The number of anilines is 1. The second-order valence-electron chi connectivity index (χ2n) is 5.81. The van der Waals surface area contributed by atoms with Crippen LogP contribution in [-0.4, -0.2) is 26.7 Å². The number of fused-ring (bicyclic) bond motifs is 1. The van der Waals surface area contributed by atoms with Crippen molar-refractivity contribution in [1.29, 1.82) is 0 Å². The van der Waals surface area contributed by atoms with Crippen molar-refractivity contribution in [2.45, 2.75) is 13.0 Å². The summed E-state index contributed by atoms with van der Waals surface area (Å²) in [4.78, 5) is 41.3. The van der Waals surface area contributed by atoms with Crippen LogP contribution in [0.4, 0.5) is 5.13 Å². The second-order valence-corrected chi connectivity index (χ2v) is 6.66. The van der Waals surface area contributed by atoms with Gasteiger partial charge in [0.05, 0.1) is 16.9 Å².